The van der Waals surface area contributed by atoms with Crippen molar-refractivity contribution >= 4 is 12.3 Å². The first-order valence-electron chi connectivity index (χ1n) is 5.45. The molecule has 1 aromatic rings. The Labute approximate surface area is 105 Å². The van der Waals surface area contributed by atoms with Crippen LogP contribution in [0.25, 0.3) is 0 Å². The van der Waals surface area contributed by atoms with Gasteiger partial charge in [-0.3, -0.25) is 4.79 Å². The summed E-state index contributed by atoms with van der Waals surface area (Å²) in [5.74, 6) is -0.774. The van der Waals surface area contributed by atoms with Gasteiger partial charge in [0, 0.05) is 0 Å². The summed E-state index contributed by atoms with van der Waals surface area (Å²) in [6, 6.07) is 4.37. The molecule has 18 heavy (non-hydrogen) atoms. The van der Waals surface area contributed by atoms with Crippen LogP contribution in [0.5, 0.6) is 11.5 Å². The van der Waals surface area contributed by atoms with E-state index in [2.05, 4.69) is 0 Å². The molecule has 0 atom stereocenters. The van der Waals surface area contributed by atoms with Crippen molar-refractivity contribution in [1.82, 2.24) is 0 Å². The van der Waals surface area contributed by atoms with E-state index in [9.17, 15) is 14.7 Å². The van der Waals surface area contributed by atoms with Crippen LogP contribution in [0, 0.1) is 0 Å². The van der Waals surface area contributed by atoms with E-state index in [0.29, 0.717) is 6.29 Å². The van der Waals surface area contributed by atoms with Crippen molar-refractivity contribution in [3.05, 3.63) is 23.8 Å². The number of phenols is 1. The second-order valence-electron chi connectivity index (χ2n) is 4.69. The molecule has 0 aliphatic rings. The number of benzene rings is 1. The monoisotopic (exact) mass is 252 g/mol. The lowest BCUT2D eigenvalue weighted by atomic mass is 10.2. The lowest BCUT2D eigenvalue weighted by Crippen LogP contribution is -2.27. The number of carbonyl (C=O) groups excluding carboxylic acids is 2. The molecule has 0 saturated heterocycles. The average Bonchev–Trinajstić information content (AvgIpc) is 2.24. The lowest BCUT2D eigenvalue weighted by molar-refractivity contribution is -0.157. The highest BCUT2D eigenvalue weighted by Crippen LogP contribution is 2.28. The van der Waals surface area contributed by atoms with Gasteiger partial charge in [-0.15, -0.1) is 0 Å². The quantitative estimate of drug-likeness (QED) is 0.654. The minimum atomic E-state index is -0.604. The molecule has 0 saturated carbocycles. The van der Waals surface area contributed by atoms with Crippen LogP contribution < -0.4 is 4.74 Å². The third-order valence-corrected chi connectivity index (χ3v) is 1.91. The van der Waals surface area contributed by atoms with E-state index in [4.69, 9.17) is 9.47 Å². The zero-order chi connectivity index (χ0) is 13.8. The third-order valence-electron chi connectivity index (χ3n) is 1.91. The normalized spacial score (nSPS) is 10.8. The Morgan fingerprint density at radius 2 is 2.06 bits per heavy atom. The summed E-state index contributed by atoms with van der Waals surface area (Å²) < 4.78 is 10.1. The molecule has 1 aromatic carbocycles. The van der Waals surface area contributed by atoms with Crippen LogP contribution in [0.2, 0.25) is 0 Å². The van der Waals surface area contributed by atoms with Crippen LogP contribution in [0.3, 0.4) is 0 Å². The van der Waals surface area contributed by atoms with Crippen LogP contribution in [-0.4, -0.2) is 29.6 Å². The summed E-state index contributed by atoms with van der Waals surface area (Å²) in [7, 11) is 0. The van der Waals surface area contributed by atoms with E-state index in [-0.39, 0.29) is 23.7 Å². The minimum Gasteiger partial charge on any atom is -0.504 e. The standard InChI is InChI=1S/C13H16O5/c1-13(2,3)18-11(16)8-17-12-9(7-14)5-4-6-10(12)15/h4-7,15H,8H2,1-3H3. The number of ether oxygens (including phenoxy) is 2. The summed E-state index contributed by atoms with van der Waals surface area (Å²) in [6.07, 6.45) is 0.546. The second kappa shape index (κ2) is 5.53. The number of hydrogen-bond acceptors (Lipinski definition) is 5. The van der Waals surface area contributed by atoms with Crippen molar-refractivity contribution in [2.24, 2.45) is 0 Å². The van der Waals surface area contributed by atoms with Crippen molar-refractivity contribution in [3.8, 4) is 11.5 Å². The number of hydrogen-bond donors (Lipinski definition) is 1. The number of esters is 1. The number of carbonyl (C=O) groups is 2. The third kappa shape index (κ3) is 4.08. The largest absolute Gasteiger partial charge is 0.504 e. The Morgan fingerprint density at radius 3 is 2.61 bits per heavy atom. The maximum Gasteiger partial charge on any atom is 0.344 e. The van der Waals surface area contributed by atoms with Gasteiger partial charge < -0.3 is 14.6 Å². The van der Waals surface area contributed by atoms with Gasteiger partial charge in [0.1, 0.15) is 5.60 Å². The fraction of sp³-hybridized carbons (Fsp3) is 0.385. The second-order valence-corrected chi connectivity index (χ2v) is 4.69. The van der Waals surface area contributed by atoms with E-state index in [1.165, 1.54) is 18.2 Å². The SMILES string of the molecule is CC(C)(C)OC(=O)COc1c(O)cccc1C=O. The van der Waals surface area contributed by atoms with Crippen LogP contribution in [0.15, 0.2) is 18.2 Å². The molecule has 0 heterocycles. The van der Waals surface area contributed by atoms with Gasteiger partial charge in [0.25, 0.3) is 0 Å². The van der Waals surface area contributed by atoms with Gasteiger partial charge in [-0.1, -0.05) is 6.07 Å². The van der Waals surface area contributed by atoms with Gasteiger partial charge in [-0.25, -0.2) is 4.79 Å². The van der Waals surface area contributed by atoms with Crippen LogP contribution in [0.1, 0.15) is 31.1 Å². The van der Waals surface area contributed by atoms with Crippen LogP contribution >= 0.6 is 0 Å². The van der Waals surface area contributed by atoms with Gasteiger partial charge in [-0.05, 0) is 32.9 Å². The number of rotatable bonds is 4. The summed E-state index contributed by atoms with van der Waals surface area (Å²) in [4.78, 5) is 22.2. The Kier molecular flexibility index (Phi) is 4.31. The smallest absolute Gasteiger partial charge is 0.344 e. The fourth-order valence-corrected chi connectivity index (χ4v) is 1.29. The summed E-state index contributed by atoms with van der Waals surface area (Å²) in [5, 5.41) is 9.53. The molecule has 1 rings (SSSR count). The molecule has 0 unspecified atom stereocenters. The van der Waals surface area contributed by atoms with E-state index >= 15 is 0 Å². The van der Waals surface area contributed by atoms with Gasteiger partial charge >= 0.3 is 5.97 Å². The van der Waals surface area contributed by atoms with Crippen molar-refractivity contribution in [3.63, 3.8) is 0 Å². The number of aldehydes is 1. The highest BCUT2D eigenvalue weighted by molar-refractivity contribution is 5.81. The van der Waals surface area contributed by atoms with Crippen molar-refractivity contribution < 1.29 is 24.2 Å². The Bertz CT molecular complexity index is 445. The first-order chi connectivity index (χ1) is 8.33. The maximum absolute atomic E-state index is 11.4. The molecule has 0 spiro atoms. The van der Waals surface area contributed by atoms with E-state index < -0.39 is 11.6 Å². The van der Waals surface area contributed by atoms with E-state index in [0.717, 1.165) is 0 Å². The minimum absolute atomic E-state index is 0.0154. The Morgan fingerprint density at radius 1 is 1.39 bits per heavy atom. The van der Waals surface area contributed by atoms with Crippen molar-refractivity contribution in [2.75, 3.05) is 6.61 Å². The summed E-state index contributed by atoms with van der Waals surface area (Å²) in [5.41, 5.74) is -0.425. The van der Waals surface area contributed by atoms with E-state index in [1.54, 1.807) is 20.8 Å². The molecule has 0 fully saturated rings. The molecule has 5 nitrogen and oxygen atoms in total. The first kappa shape index (κ1) is 14.0. The number of aromatic hydroxyl groups is 1. The van der Waals surface area contributed by atoms with Gasteiger partial charge in [0.15, 0.2) is 24.4 Å². The summed E-state index contributed by atoms with van der Waals surface area (Å²) in [6.45, 7) is 4.85. The average molecular weight is 252 g/mol. The molecule has 0 aromatic heterocycles. The zero-order valence-electron chi connectivity index (χ0n) is 10.6. The Balaban J connectivity index is 2.69. The number of para-hydroxylation sites is 1. The van der Waals surface area contributed by atoms with Gasteiger partial charge in [0.2, 0.25) is 0 Å². The molecular formula is C13H16O5. The molecule has 0 amide bonds. The molecule has 1 N–H and O–H groups in total. The van der Waals surface area contributed by atoms with Gasteiger partial charge in [-0.2, -0.15) is 0 Å². The highest BCUT2D eigenvalue weighted by Gasteiger charge is 2.18. The number of phenolic OH excluding ortho intramolecular Hbond substituents is 1. The maximum atomic E-state index is 11.4. The first-order valence-corrected chi connectivity index (χ1v) is 5.45. The predicted octanol–water partition coefficient (Wildman–Crippen LogP) is 1.93. The topological polar surface area (TPSA) is 72.8 Å². The van der Waals surface area contributed by atoms with Crippen molar-refractivity contribution in [2.45, 2.75) is 26.4 Å². The zero-order valence-corrected chi connectivity index (χ0v) is 10.6. The lowest BCUT2D eigenvalue weighted by Gasteiger charge is -2.19. The fourth-order valence-electron chi connectivity index (χ4n) is 1.29. The molecule has 5 heteroatoms. The molecule has 0 radical (unpaired) electrons. The molecule has 0 aliphatic carbocycles. The predicted molar refractivity (Wildman–Crippen MR) is 64.8 cm³/mol. The van der Waals surface area contributed by atoms with Gasteiger partial charge in [0.05, 0.1) is 5.56 Å². The van der Waals surface area contributed by atoms with Crippen molar-refractivity contribution in [1.29, 1.82) is 0 Å². The molecule has 0 bridgehead atoms. The van der Waals surface area contributed by atoms with Crippen LogP contribution in [-0.2, 0) is 9.53 Å². The highest BCUT2D eigenvalue weighted by atomic mass is 16.6. The Hall–Kier alpha value is -2.04. The summed E-state index contributed by atoms with van der Waals surface area (Å²) >= 11 is 0. The van der Waals surface area contributed by atoms with E-state index in [1.807, 2.05) is 0 Å². The molecule has 0 aliphatic heterocycles. The van der Waals surface area contributed by atoms with Crippen LogP contribution in [0.4, 0.5) is 0 Å². The molecular weight excluding hydrogens is 236 g/mol. The molecule has 98 valence electrons.